The predicted molar refractivity (Wildman–Crippen MR) is 134 cm³/mol. The summed E-state index contributed by atoms with van der Waals surface area (Å²) in [6.07, 6.45) is 9.67. The molecule has 192 valence electrons. The number of nitrogens with one attached hydrogen (secondary N) is 3. The number of amides is 4. The molecule has 0 unspecified atom stereocenters. The molecule has 2 saturated heterocycles. The Hall–Kier alpha value is -2.68. The molecule has 0 saturated carbocycles. The second-order valence-electron chi connectivity index (χ2n) is 10.3. The van der Waals surface area contributed by atoms with Gasteiger partial charge >= 0.3 is 6.03 Å². The first-order chi connectivity index (χ1) is 16.9. The van der Waals surface area contributed by atoms with Gasteiger partial charge in [0.25, 0.3) is 0 Å². The summed E-state index contributed by atoms with van der Waals surface area (Å²) in [4.78, 5) is 45.2. The smallest absolute Gasteiger partial charge is 0.318 e. The van der Waals surface area contributed by atoms with E-state index in [9.17, 15) is 14.4 Å². The number of anilines is 2. The van der Waals surface area contributed by atoms with Crippen LogP contribution in [0.25, 0.3) is 0 Å². The Morgan fingerprint density at radius 2 is 1.91 bits per heavy atom. The van der Waals surface area contributed by atoms with Crippen LogP contribution < -0.4 is 16.0 Å². The fraction of sp³-hybridized carbons (Fsp3) is 0.692. The number of likely N-dealkylation sites (tertiary alicyclic amines) is 1. The Morgan fingerprint density at radius 1 is 1.17 bits per heavy atom. The average Bonchev–Trinajstić information content (AvgIpc) is 3.12. The minimum atomic E-state index is -0.643. The van der Waals surface area contributed by atoms with Crippen molar-refractivity contribution in [3.63, 3.8) is 0 Å². The lowest BCUT2D eigenvalue weighted by Crippen LogP contribution is -2.50. The third-order valence-corrected chi connectivity index (χ3v) is 7.69. The van der Waals surface area contributed by atoms with Gasteiger partial charge < -0.3 is 25.6 Å². The summed E-state index contributed by atoms with van der Waals surface area (Å²) in [6, 6.07) is 0.900. The van der Waals surface area contributed by atoms with Gasteiger partial charge in [0.15, 0.2) is 0 Å². The summed E-state index contributed by atoms with van der Waals surface area (Å²) in [5.74, 6) is 0.539. The second kappa shape index (κ2) is 11.4. The molecule has 2 atom stereocenters. The fourth-order valence-corrected chi connectivity index (χ4v) is 5.50. The molecule has 3 aliphatic rings. The van der Waals surface area contributed by atoms with E-state index in [1.54, 1.807) is 17.2 Å². The SMILES string of the molecule is CCC[C@@H](C)CC[C@H](NC(=O)N1CCCCC1)C(=O)Nc1cc2c(cn1)C1(CCOCC1)C(=O)N2. The van der Waals surface area contributed by atoms with Crippen molar-refractivity contribution in [3.05, 3.63) is 17.8 Å². The van der Waals surface area contributed by atoms with E-state index in [4.69, 9.17) is 4.74 Å². The van der Waals surface area contributed by atoms with Gasteiger partial charge in [0, 0.05) is 44.1 Å². The van der Waals surface area contributed by atoms with Crippen LogP contribution in [0.3, 0.4) is 0 Å². The van der Waals surface area contributed by atoms with Gasteiger partial charge in [0.1, 0.15) is 11.9 Å². The first-order valence-corrected chi connectivity index (χ1v) is 13.2. The number of carbonyl (C=O) groups excluding carboxylic acids is 3. The molecule has 1 spiro atoms. The molecule has 35 heavy (non-hydrogen) atoms. The van der Waals surface area contributed by atoms with Gasteiger partial charge in [0.05, 0.1) is 11.1 Å². The highest BCUT2D eigenvalue weighted by atomic mass is 16.5. The quantitative estimate of drug-likeness (QED) is 0.518. The van der Waals surface area contributed by atoms with Gasteiger partial charge in [-0.05, 0) is 50.9 Å². The van der Waals surface area contributed by atoms with Crippen molar-refractivity contribution in [2.24, 2.45) is 5.92 Å². The zero-order chi connectivity index (χ0) is 24.8. The van der Waals surface area contributed by atoms with Crippen molar-refractivity contribution in [2.75, 3.05) is 36.9 Å². The number of rotatable bonds is 8. The lowest BCUT2D eigenvalue weighted by atomic mass is 9.76. The van der Waals surface area contributed by atoms with E-state index in [1.165, 1.54) is 0 Å². The van der Waals surface area contributed by atoms with Crippen LogP contribution in [0.5, 0.6) is 0 Å². The lowest BCUT2D eigenvalue weighted by molar-refractivity contribution is -0.124. The molecule has 1 aromatic heterocycles. The number of fused-ring (bicyclic) bond motifs is 2. The Bertz CT molecular complexity index is 924. The van der Waals surface area contributed by atoms with E-state index >= 15 is 0 Å². The van der Waals surface area contributed by atoms with Crippen molar-refractivity contribution in [3.8, 4) is 0 Å². The molecule has 2 fully saturated rings. The fourth-order valence-electron chi connectivity index (χ4n) is 5.50. The maximum absolute atomic E-state index is 13.3. The van der Waals surface area contributed by atoms with Crippen LogP contribution in [0.4, 0.5) is 16.3 Å². The van der Waals surface area contributed by atoms with Crippen LogP contribution in [0.2, 0.25) is 0 Å². The predicted octanol–water partition coefficient (Wildman–Crippen LogP) is 3.80. The summed E-state index contributed by atoms with van der Waals surface area (Å²) in [7, 11) is 0. The van der Waals surface area contributed by atoms with E-state index in [0.717, 1.165) is 57.2 Å². The van der Waals surface area contributed by atoms with Crippen LogP contribution in [-0.4, -0.2) is 60.1 Å². The summed E-state index contributed by atoms with van der Waals surface area (Å²) < 4.78 is 5.46. The average molecular weight is 486 g/mol. The van der Waals surface area contributed by atoms with Gasteiger partial charge in [-0.25, -0.2) is 9.78 Å². The highest BCUT2D eigenvalue weighted by Crippen LogP contribution is 2.44. The van der Waals surface area contributed by atoms with Crippen LogP contribution in [-0.2, 0) is 19.7 Å². The van der Waals surface area contributed by atoms with E-state index in [0.29, 0.717) is 49.9 Å². The number of nitrogens with zero attached hydrogens (tertiary/aromatic N) is 2. The van der Waals surface area contributed by atoms with Crippen molar-refractivity contribution in [1.29, 1.82) is 0 Å². The molecule has 0 bridgehead atoms. The highest BCUT2D eigenvalue weighted by molar-refractivity contribution is 6.07. The Morgan fingerprint density at radius 3 is 2.63 bits per heavy atom. The number of pyridine rings is 1. The summed E-state index contributed by atoms with van der Waals surface area (Å²) in [6.45, 7) is 6.88. The van der Waals surface area contributed by atoms with Gasteiger partial charge in [-0.2, -0.15) is 0 Å². The number of carbonyl (C=O) groups is 3. The lowest BCUT2D eigenvalue weighted by Gasteiger charge is -2.31. The molecule has 0 aromatic carbocycles. The minimum absolute atomic E-state index is 0.0299. The standard InChI is InChI=1S/C26H39N5O4/c1-3-7-18(2)8-9-20(29-25(34)31-12-5-4-6-13-31)23(32)30-22-16-21-19(17-27-22)26(24(33)28-21)10-14-35-15-11-26/h16-18,20H,3-15H2,1-2H3,(H,28,33)(H,29,34)(H,27,30,32)/t18-,20+/m1/s1. The Balaban J connectivity index is 1.45. The third kappa shape index (κ3) is 5.77. The maximum Gasteiger partial charge on any atom is 0.318 e. The van der Waals surface area contributed by atoms with Crippen LogP contribution in [0.15, 0.2) is 12.3 Å². The molecular weight excluding hydrogens is 446 g/mol. The van der Waals surface area contributed by atoms with Crippen molar-refractivity contribution in [2.45, 2.75) is 83.1 Å². The first kappa shape index (κ1) is 25.4. The van der Waals surface area contributed by atoms with Crippen molar-refractivity contribution in [1.82, 2.24) is 15.2 Å². The number of aromatic nitrogens is 1. The summed E-state index contributed by atoms with van der Waals surface area (Å²) in [5.41, 5.74) is 0.962. The molecule has 4 rings (SSSR count). The molecule has 4 amide bonds. The van der Waals surface area contributed by atoms with Gasteiger partial charge in [0.2, 0.25) is 11.8 Å². The molecule has 1 aromatic rings. The minimum Gasteiger partial charge on any atom is -0.381 e. The molecule has 3 N–H and O–H groups in total. The maximum atomic E-state index is 13.3. The monoisotopic (exact) mass is 485 g/mol. The number of hydrogen-bond donors (Lipinski definition) is 3. The highest BCUT2D eigenvalue weighted by Gasteiger charge is 2.48. The van der Waals surface area contributed by atoms with Crippen molar-refractivity contribution >= 4 is 29.4 Å². The molecular formula is C26H39N5O4. The Labute approximate surface area is 207 Å². The van der Waals surface area contributed by atoms with Gasteiger partial charge in [-0.3, -0.25) is 9.59 Å². The third-order valence-electron chi connectivity index (χ3n) is 7.69. The van der Waals surface area contributed by atoms with Crippen LogP contribution in [0, 0.1) is 5.92 Å². The number of piperidine rings is 1. The molecule has 0 aliphatic carbocycles. The normalized spacial score (nSPS) is 20.6. The largest absolute Gasteiger partial charge is 0.381 e. The second-order valence-corrected chi connectivity index (χ2v) is 10.3. The van der Waals surface area contributed by atoms with Crippen LogP contribution >= 0.6 is 0 Å². The van der Waals surface area contributed by atoms with E-state index in [-0.39, 0.29) is 17.8 Å². The van der Waals surface area contributed by atoms with Crippen molar-refractivity contribution < 1.29 is 19.1 Å². The molecule has 0 radical (unpaired) electrons. The zero-order valence-electron chi connectivity index (χ0n) is 21.0. The van der Waals surface area contributed by atoms with E-state index in [2.05, 4.69) is 34.8 Å². The molecule has 9 heteroatoms. The Kier molecular flexibility index (Phi) is 8.26. The number of urea groups is 1. The molecule has 4 heterocycles. The summed E-state index contributed by atoms with van der Waals surface area (Å²) >= 11 is 0. The zero-order valence-corrected chi connectivity index (χ0v) is 21.0. The molecule has 3 aliphatic heterocycles. The molecule has 9 nitrogen and oxygen atoms in total. The topological polar surface area (TPSA) is 113 Å². The number of ether oxygens (including phenoxy) is 1. The van der Waals surface area contributed by atoms with Gasteiger partial charge in [-0.15, -0.1) is 0 Å². The van der Waals surface area contributed by atoms with Crippen LogP contribution in [0.1, 0.15) is 77.2 Å². The number of hydrogen-bond acceptors (Lipinski definition) is 5. The van der Waals surface area contributed by atoms with E-state index in [1.807, 2.05) is 0 Å². The van der Waals surface area contributed by atoms with Gasteiger partial charge in [-0.1, -0.05) is 26.7 Å². The summed E-state index contributed by atoms with van der Waals surface area (Å²) in [5, 5.41) is 8.82. The van der Waals surface area contributed by atoms with E-state index < -0.39 is 11.5 Å². The first-order valence-electron chi connectivity index (χ1n) is 13.2.